The minimum Gasteiger partial charge on any atom is -0.373 e. The largest absolute Gasteiger partial charge is 0.373 e. The van der Waals surface area contributed by atoms with Crippen LogP contribution in [0.4, 0.5) is 0 Å². The van der Waals surface area contributed by atoms with E-state index in [9.17, 15) is 0 Å². The molecular weight excluding hydrogens is 172 g/mol. The van der Waals surface area contributed by atoms with E-state index in [0.29, 0.717) is 19.1 Å². The summed E-state index contributed by atoms with van der Waals surface area (Å²) in [4.78, 5) is 0. The first kappa shape index (κ1) is 11.0. The van der Waals surface area contributed by atoms with Gasteiger partial charge in [-0.1, -0.05) is 44.2 Å². The Labute approximate surface area is 86.4 Å². The first-order valence-electron chi connectivity index (χ1n) is 5.01. The first-order valence-corrected chi connectivity index (χ1v) is 5.01. The molecule has 0 spiro atoms. The van der Waals surface area contributed by atoms with Gasteiger partial charge < -0.3 is 4.74 Å². The van der Waals surface area contributed by atoms with Crippen LogP contribution in [-0.4, -0.2) is 6.61 Å². The summed E-state index contributed by atoms with van der Waals surface area (Å²) in [6, 6.07) is 8.57. The number of ether oxygens (including phenoxy) is 1. The Hall–Kier alpha value is -1.08. The van der Waals surface area contributed by atoms with Crippen LogP contribution in [0.5, 0.6) is 0 Å². The maximum absolute atomic E-state index is 5.35. The van der Waals surface area contributed by atoms with Crippen molar-refractivity contribution in [2.75, 3.05) is 6.61 Å². The van der Waals surface area contributed by atoms with Crippen molar-refractivity contribution in [3.8, 4) is 0 Å². The van der Waals surface area contributed by atoms with Crippen LogP contribution in [0.3, 0.4) is 0 Å². The van der Waals surface area contributed by atoms with Gasteiger partial charge in [0.25, 0.3) is 0 Å². The number of hydrogen-bond donors (Lipinski definition) is 0. The molecule has 0 saturated heterocycles. The summed E-state index contributed by atoms with van der Waals surface area (Å²) in [5.41, 5.74) is 2.59. The highest BCUT2D eigenvalue weighted by atomic mass is 16.5. The first-order chi connectivity index (χ1) is 6.74. The average molecular weight is 190 g/mol. The van der Waals surface area contributed by atoms with Crippen LogP contribution < -0.4 is 0 Å². The van der Waals surface area contributed by atoms with Crippen LogP contribution >= 0.6 is 0 Å². The molecular formula is C13H18O. The third-order valence-electron chi connectivity index (χ3n) is 2.15. The molecule has 0 atom stereocenters. The standard InChI is InChI=1S/C13H18O/c1-4-9-14-10-12-5-7-13(8-6-12)11(2)3/h4-8,11H,1,9-10H2,2-3H3. The van der Waals surface area contributed by atoms with Crippen LogP contribution in [0.15, 0.2) is 36.9 Å². The van der Waals surface area contributed by atoms with E-state index in [-0.39, 0.29) is 0 Å². The van der Waals surface area contributed by atoms with E-state index in [1.165, 1.54) is 11.1 Å². The second-order valence-corrected chi connectivity index (χ2v) is 3.70. The molecule has 14 heavy (non-hydrogen) atoms. The smallest absolute Gasteiger partial charge is 0.0721 e. The Bertz CT molecular complexity index is 272. The van der Waals surface area contributed by atoms with Crippen LogP contribution in [0.1, 0.15) is 30.9 Å². The zero-order valence-corrected chi connectivity index (χ0v) is 8.99. The second-order valence-electron chi connectivity index (χ2n) is 3.70. The van der Waals surface area contributed by atoms with Crippen LogP contribution in [0.2, 0.25) is 0 Å². The SMILES string of the molecule is C=CCOCc1ccc(C(C)C)cc1. The highest BCUT2D eigenvalue weighted by Crippen LogP contribution is 2.14. The molecule has 0 aliphatic carbocycles. The van der Waals surface area contributed by atoms with E-state index in [1.807, 2.05) is 0 Å². The van der Waals surface area contributed by atoms with Crippen LogP contribution in [0, 0.1) is 0 Å². The molecule has 0 saturated carbocycles. The number of rotatable bonds is 5. The molecule has 0 unspecified atom stereocenters. The lowest BCUT2D eigenvalue weighted by Gasteiger charge is -2.06. The summed E-state index contributed by atoms with van der Waals surface area (Å²) in [6.07, 6.45) is 1.77. The van der Waals surface area contributed by atoms with Gasteiger partial charge in [0.05, 0.1) is 13.2 Å². The zero-order chi connectivity index (χ0) is 10.4. The van der Waals surface area contributed by atoms with Gasteiger partial charge in [-0.15, -0.1) is 6.58 Å². The molecule has 1 nitrogen and oxygen atoms in total. The Morgan fingerprint density at radius 3 is 2.43 bits per heavy atom. The van der Waals surface area contributed by atoms with Crippen molar-refractivity contribution in [2.45, 2.75) is 26.4 Å². The average Bonchev–Trinajstić information content (AvgIpc) is 2.19. The molecule has 76 valence electrons. The maximum Gasteiger partial charge on any atom is 0.0721 e. The fraction of sp³-hybridized carbons (Fsp3) is 0.385. The Morgan fingerprint density at radius 1 is 1.29 bits per heavy atom. The number of benzene rings is 1. The normalized spacial score (nSPS) is 10.5. The van der Waals surface area contributed by atoms with Gasteiger partial charge in [0.2, 0.25) is 0 Å². The molecule has 0 aliphatic rings. The Kier molecular flexibility index (Phi) is 4.41. The molecule has 1 aromatic carbocycles. The van der Waals surface area contributed by atoms with Crippen molar-refractivity contribution in [1.29, 1.82) is 0 Å². The van der Waals surface area contributed by atoms with E-state index in [4.69, 9.17) is 4.74 Å². The van der Waals surface area contributed by atoms with Crippen molar-refractivity contribution in [3.05, 3.63) is 48.0 Å². The molecule has 0 fully saturated rings. The van der Waals surface area contributed by atoms with Gasteiger partial charge in [0, 0.05) is 0 Å². The quantitative estimate of drug-likeness (QED) is 0.510. The second kappa shape index (κ2) is 5.61. The Morgan fingerprint density at radius 2 is 1.93 bits per heavy atom. The minimum absolute atomic E-state index is 0.596. The lowest BCUT2D eigenvalue weighted by Crippen LogP contribution is -1.93. The van der Waals surface area contributed by atoms with E-state index in [1.54, 1.807) is 6.08 Å². The van der Waals surface area contributed by atoms with Crippen LogP contribution in [-0.2, 0) is 11.3 Å². The Balaban J connectivity index is 2.51. The molecule has 1 aromatic rings. The fourth-order valence-electron chi connectivity index (χ4n) is 1.26. The van der Waals surface area contributed by atoms with Gasteiger partial charge in [0.1, 0.15) is 0 Å². The van der Waals surface area contributed by atoms with Crippen LogP contribution in [0.25, 0.3) is 0 Å². The molecule has 0 aliphatic heterocycles. The van der Waals surface area contributed by atoms with Crippen molar-refractivity contribution < 1.29 is 4.74 Å². The molecule has 0 amide bonds. The fourth-order valence-corrected chi connectivity index (χ4v) is 1.26. The molecule has 0 N–H and O–H groups in total. The predicted molar refractivity (Wildman–Crippen MR) is 60.4 cm³/mol. The van der Waals surface area contributed by atoms with Gasteiger partial charge >= 0.3 is 0 Å². The lowest BCUT2D eigenvalue weighted by atomic mass is 10.0. The molecule has 1 heteroatoms. The number of hydrogen-bond acceptors (Lipinski definition) is 1. The molecule has 0 radical (unpaired) electrons. The van der Waals surface area contributed by atoms with E-state index >= 15 is 0 Å². The van der Waals surface area contributed by atoms with Crippen molar-refractivity contribution in [2.24, 2.45) is 0 Å². The summed E-state index contributed by atoms with van der Waals surface area (Å²) in [7, 11) is 0. The highest BCUT2D eigenvalue weighted by Gasteiger charge is 1.98. The molecule has 0 aromatic heterocycles. The topological polar surface area (TPSA) is 9.23 Å². The van der Waals surface area contributed by atoms with E-state index < -0.39 is 0 Å². The zero-order valence-electron chi connectivity index (χ0n) is 8.99. The highest BCUT2D eigenvalue weighted by molar-refractivity contribution is 5.24. The summed E-state index contributed by atoms with van der Waals surface area (Å²) < 4.78 is 5.35. The minimum atomic E-state index is 0.596. The van der Waals surface area contributed by atoms with Gasteiger partial charge in [-0.25, -0.2) is 0 Å². The van der Waals surface area contributed by atoms with Crippen molar-refractivity contribution in [3.63, 3.8) is 0 Å². The summed E-state index contributed by atoms with van der Waals surface area (Å²) in [5.74, 6) is 0.596. The molecule has 1 rings (SSSR count). The lowest BCUT2D eigenvalue weighted by molar-refractivity contribution is 0.149. The monoisotopic (exact) mass is 190 g/mol. The van der Waals surface area contributed by atoms with Gasteiger partial charge in [-0.2, -0.15) is 0 Å². The molecule has 0 bridgehead atoms. The van der Waals surface area contributed by atoms with Crippen molar-refractivity contribution >= 4 is 0 Å². The maximum atomic E-state index is 5.35. The summed E-state index contributed by atoms with van der Waals surface area (Å²) in [6.45, 7) is 9.29. The van der Waals surface area contributed by atoms with E-state index in [2.05, 4.69) is 44.7 Å². The van der Waals surface area contributed by atoms with Gasteiger partial charge in [-0.3, -0.25) is 0 Å². The third-order valence-corrected chi connectivity index (χ3v) is 2.15. The van der Waals surface area contributed by atoms with Gasteiger partial charge in [-0.05, 0) is 17.0 Å². The summed E-state index contributed by atoms with van der Waals surface area (Å²) in [5, 5.41) is 0. The molecule has 0 heterocycles. The third kappa shape index (κ3) is 3.35. The van der Waals surface area contributed by atoms with E-state index in [0.717, 1.165) is 0 Å². The van der Waals surface area contributed by atoms with Crippen molar-refractivity contribution in [1.82, 2.24) is 0 Å². The summed E-state index contributed by atoms with van der Waals surface area (Å²) >= 11 is 0. The van der Waals surface area contributed by atoms with Gasteiger partial charge in [0.15, 0.2) is 0 Å². The predicted octanol–water partition coefficient (Wildman–Crippen LogP) is 3.51.